The van der Waals surface area contributed by atoms with Crippen LogP contribution in [-0.4, -0.2) is 69.7 Å². The molecule has 178 valence electrons. The van der Waals surface area contributed by atoms with Crippen LogP contribution in [0.4, 0.5) is 0 Å². The summed E-state index contributed by atoms with van der Waals surface area (Å²) in [5.74, 6) is 0.617. The van der Waals surface area contributed by atoms with E-state index in [0.29, 0.717) is 18.1 Å². The number of hydrogen-bond donors (Lipinski definition) is 0. The number of rotatable bonds is 8. The van der Waals surface area contributed by atoms with Crippen molar-refractivity contribution in [2.75, 3.05) is 34.4 Å². The Morgan fingerprint density at radius 2 is 1.91 bits per heavy atom. The quantitative estimate of drug-likeness (QED) is 0.372. The van der Waals surface area contributed by atoms with Gasteiger partial charge in [0.05, 0.1) is 18.2 Å². The van der Waals surface area contributed by atoms with Gasteiger partial charge in [-0.05, 0) is 57.1 Å². The van der Waals surface area contributed by atoms with Crippen LogP contribution in [0.5, 0.6) is 5.88 Å². The van der Waals surface area contributed by atoms with Crippen molar-refractivity contribution < 1.29 is 9.47 Å². The van der Waals surface area contributed by atoms with E-state index >= 15 is 0 Å². The van der Waals surface area contributed by atoms with Crippen LogP contribution in [0.2, 0.25) is 0 Å². The second-order valence-corrected chi connectivity index (χ2v) is 9.19. The van der Waals surface area contributed by atoms with Gasteiger partial charge in [0.1, 0.15) is 5.52 Å². The minimum atomic E-state index is -0.0702. The first-order valence-electron chi connectivity index (χ1n) is 11.6. The van der Waals surface area contributed by atoms with Crippen molar-refractivity contribution in [3.05, 3.63) is 47.0 Å². The summed E-state index contributed by atoms with van der Waals surface area (Å²) in [6.45, 7) is 1.61. The summed E-state index contributed by atoms with van der Waals surface area (Å²) >= 11 is 0. The molecule has 0 aliphatic heterocycles. The molecule has 3 aromatic heterocycles. The molecule has 0 N–H and O–H groups in total. The van der Waals surface area contributed by atoms with Crippen LogP contribution < -0.4 is 10.4 Å². The molecule has 34 heavy (non-hydrogen) atoms. The Morgan fingerprint density at radius 1 is 1.12 bits per heavy atom. The summed E-state index contributed by atoms with van der Waals surface area (Å²) in [6.07, 6.45) is 4.60. The topological polar surface area (TPSA) is 87.3 Å². The maximum absolute atomic E-state index is 13.1. The number of benzene rings is 1. The summed E-state index contributed by atoms with van der Waals surface area (Å²) in [5, 5.41) is 9.64. The van der Waals surface area contributed by atoms with Gasteiger partial charge >= 0.3 is 5.69 Å². The second-order valence-electron chi connectivity index (χ2n) is 9.19. The number of aryl methyl sites for hydroxylation is 1. The highest BCUT2D eigenvalue weighted by Crippen LogP contribution is 2.37. The Hall–Kier alpha value is -3.30. The summed E-state index contributed by atoms with van der Waals surface area (Å²) in [4.78, 5) is 19.7. The van der Waals surface area contributed by atoms with E-state index in [-0.39, 0.29) is 17.8 Å². The Morgan fingerprint density at radius 3 is 2.62 bits per heavy atom. The molecule has 0 atom stereocenters. The maximum atomic E-state index is 13.1. The lowest BCUT2D eigenvalue weighted by molar-refractivity contribution is 0.00635. The van der Waals surface area contributed by atoms with E-state index in [1.165, 1.54) is 0 Å². The summed E-state index contributed by atoms with van der Waals surface area (Å²) in [5.41, 5.74) is 4.08. The van der Waals surface area contributed by atoms with Crippen molar-refractivity contribution in [3.8, 4) is 17.0 Å². The minimum Gasteiger partial charge on any atom is -0.478 e. The van der Waals surface area contributed by atoms with Gasteiger partial charge in [0.15, 0.2) is 5.65 Å². The highest BCUT2D eigenvalue weighted by atomic mass is 16.5. The number of aromatic nitrogens is 5. The standard InChI is InChI=1S/C25H30N6O3/c1-29(2)10-5-11-34-22-9-7-17(15-26-22)16-6-8-21-20(12-16)23-24(28-27-21)30(3)25(32)31(23)18-13-19(14-18)33-4/h6-9,12,15,18-19H,5,10-11,13-14H2,1-4H3/t18-,19+. The third-order valence-electron chi connectivity index (χ3n) is 6.61. The molecule has 1 aliphatic carbocycles. The number of pyridine rings is 1. The molecular weight excluding hydrogens is 432 g/mol. The lowest BCUT2D eigenvalue weighted by Crippen LogP contribution is -2.37. The van der Waals surface area contributed by atoms with E-state index in [1.54, 1.807) is 18.7 Å². The molecule has 4 aromatic rings. The highest BCUT2D eigenvalue weighted by molar-refractivity contribution is 6.02. The SMILES string of the molecule is CO[C@H]1C[C@@H](n2c(=O)n(C)c3nnc4ccc(-c5ccc(OCCCN(C)C)nc5)cc4c32)C1. The number of nitrogens with zero attached hydrogens (tertiary/aromatic N) is 6. The fourth-order valence-corrected chi connectivity index (χ4v) is 4.55. The van der Waals surface area contributed by atoms with Gasteiger partial charge in [-0.3, -0.25) is 9.13 Å². The second kappa shape index (κ2) is 9.15. The first-order valence-corrected chi connectivity index (χ1v) is 11.6. The van der Waals surface area contributed by atoms with E-state index in [2.05, 4.69) is 26.1 Å². The van der Waals surface area contributed by atoms with Crippen molar-refractivity contribution >= 4 is 22.1 Å². The molecule has 0 spiro atoms. The Kier molecular flexibility index (Phi) is 6.05. The van der Waals surface area contributed by atoms with Crippen molar-refractivity contribution in [2.45, 2.75) is 31.4 Å². The normalized spacial score (nSPS) is 18.0. The molecule has 9 nitrogen and oxygen atoms in total. The fraction of sp³-hybridized carbons (Fsp3) is 0.440. The molecule has 0 bridgehead atoms. The van der Waals surface area contributed by atoms with E-state index in [4.69, 9.17) is 9.47 Å². The van der Waals surface area contributed by atoms with Crippen LogP contribution >= 0.6 is 0 Å². The first kappa shape index (κ1) is 22.5. The largest absolute Gasteiger partial charge is 0.478 e. The zero-order valence-corrected chi connectivity index (χ0v) is 20.1. The minimum absolute atomic E-state index is 0.0702. The van der Waals surface area contributed by atoms with Crippen LogP contribution in [-0.2, 0) is 11.8 Å². The molecule has 3 heterocycles. The van der Waals surface area contributed by atoms with E-state index in [1.807, 2.05) is 49.1 Å². The lowest BCUT2D eigenvalue weighted by Gasteiger charge is -2.34. The molecule has 1 fully saturated rings. The Bertz CT molecular complexity index is 1370. The number of imidazole rings is 1. The van der Waals surface area contributed by atoms with Gasteiger partial charge in [-0.25, -0.2) is 9.78 Å². The zero-order chi connectivity index (χ0) is 23.8. The molecule has 1 saturated carbocycles. The molecule has 0 saturated heterocycles. The average molecular weight is 463 g/mol. The first-order chi connectivity index (χ1) is 16.5. The Labute approximate surface area is 197 Å². The maximum Gasteiger partial charge on any atom is 0.330 e. The third-order valence-corrected chi connectivity index (χ3v) is 6.61. The molecule has 0 amide bonds. The van der Waals surface area contributed by atoms with Gasteiger partial charge in [0, 0.05) is 50.0 Å². The highest BCUT2D eigenvalue weighted by Gasteiger charge is 2.34. The third kappa shape index (κ3) is 4.05. The van der Waals surface area contributed by atoms with Gasteiger partial charge in [0.2, 0.25) is 5.88 Å². The van der Waals surface area contributed by atoms with Crippen LogP contribution in [0, 0.1) is 0 Å². The number of ether oxygens (including phenoxy) is 2. The van der Waals surface area contributed by atoms with Crippen molar-refractivity contribution in [1.82, 2.24) is 29.2 Å². The van der Waals surface area contributed by atoms with Crippen LogP contribution in [0.25, 0.3) is 33.2 Å². The van der Waals surface area contributed by atoms with Crippen molar-refractivity contribution in [2.24, 2.45) is 7.05 Å². The summed E-state index contributed by atoms with van der Waals surface area (Å²) in [6, 6.07) is 10.0. The number of fused-ring (bicyclic) bond motifs is 3. The number of methoxy groups -OCH3 is 1. The fourth-order valence-electron chi connectivity index (χ4n) is 4.55. The monoisotopic (exact) mass is 462 g/mol. The van der Waals surface area contributed by atoms with Crippen LogP contribution in [0.1, 0.15) is 25.3 Å². The van der Waals surface area contributed by atoms with Crippen LogP contribution in [0.3, 0.4) is 0 Å². The van der Waals surface area contributed by atoms with Gasteiger partial charge in [-0.2, -0.15) is 0 Å². The molecular formula is C25H30N6O3. The van der Waals surface area contributed by atoms with Crippen molar-refractivity contribution in [1.29, 1.82) is 0 Å². The lowest BCUT2D eigenvalue weighted by atomic mass is 9.89. The molecule has 1 aliphatic rings. The van der Waals surface area contributed by atoms with Crippen LogP contribution in [0.15, 0.2) is 41.3 Å². The van der Waals surface area contributed by atoms with Gasteiger partial charge in [-0.15, -0.1) is 10.2 Å². The van der Waals surface area contributed by atoms with Gasteiger partial charge < -0.3 is 14.4 Å². The smallest absolute Gasteiger partial charge is 0.330 e. The van der Waals surface area contributed by atoms with E-state index < -0.39 is 0 Å². The van der Waals surface area contributed by atoms with E-state index in [0.717, 1.165) is 53.4 Å². The van der Waals surface area contributed by atoms with Crippen molar-refractivity contribution in [3.63, 3.8) is 0 Å². The molecule has 1 aromatic carbocycles. The summed E-state index contributed by atoms with van der Waals surface area (Å²) in [7, 11) is 7.56. The zero-order valence-electron chi connectivity index (χ0n) is 20.1. The molecule has 0 radical (unpaired) electrons. The van der Waals surface area contributed by atoms with Gasteiger partial charge in [-0.1, -0.05) is 6.07 Å². The van der Waals surface area contributed by atoms with E-state index in [9.17, 15) is 4.79 Å². The Balaban J connectivity index is 1.48. The molecule has 9 heteroatoms. The molecule has 5 rings (SSSR count). The number of hydrogen-bond acceptors (Lipinski definition) is 7. The predicted octanol–water partition coefficient (Wildman–Crippen LogP) is 3.03. The summed E-state index contributed by atoms with van der Waals surface area (Å²) < 4.78 is 14.7. The predicted molar refractivity (Wildman–Crippen MR) is 131 cm³/mol. The van der Waals surface area contributed by atoms with Gasteiger partial charge in [0.25, 0.3) is 0 Å². The molecule has 0 unspecified atom stereocenters. The average Bonchev–Trinajstić information content (AvgIpc) is 3.07.